The van der Waals surface area contributed by atoms with Crippen molar-refractivity contribution in [3.63, 3.8) is 0 Å². The molecule has 7 nitrogen and oxygen atoms in total. The Morgan fingerprint density at radius 3 is 1.60 bits per heavy atom. The first-order chi connectivity index (χ1) is 14.6. The predicted molar refractivity (Wildman–Crippen MR) is 130 cm³/mol. The maximum atomic E-state index is 10.3. The summed E-state index contributed by atoms with van der Waals surface area (Å²) in [5.74, 6) is 1.61. The van der Waals surface area contributed by atoms with Crippen LogP contribution in [0.4, 0.5) is 0 Å². The standard InChI is InChI=1S/C19H32O7S4/c20-16-2-1-15(17(21)18(16)22)19(29-13-9-25-5-3-23-7-11-27)30-14-10-26-6-4-24-8-12-28/h1-2,19-22,27-28H,3-14H2. The fourth-order valence-corrected chi connectivity index (χ4v) is 5.02. The van der Waals surface area contributed by atoms with Crippen molar-refractivity contribution in [3.8, 4) is 17.2 Å². The Kier molecular flexibility index (Phi) is 17.1. The van der Waals surface area contributed by atoms with E-state index in [2.05, 4.69) is 25.3 Å². The first-order valence-corrected chi connectivity index (χ1v) is 13.0. The Labute approximate surface area is 198 Å². The zero-order valence-corrected chi connectivity index (χ0v) is 20.3. The van der Waals surface area contributed by atoms with Crippen LogP contribution in [0.5, 0.6) is 17.2 Å². The number of thiol groups is 2. The van der Waals surface area contributed by atoms with Gasteiger partial charge in [0.1, 0.15) is 0 Å². The van der Waals surface area contributed by atoms with E-state index in [1.54, 1.807) is 29.6 Å². The van der Waals surface area contributed by atoms with Gasteiger partial charge in [-0.15, -0.1) is 23.5 Å². The average Bonchev–Trinajstić information content (AvgIpc) is 2.74. The molecule has 1 rings (SSSR count). The van der Waals surface area contributed by atoms with E-state index in [4.69, 9.17) is 18.9 Å². The number of hydrogen-bond acceptors (Lipinski definition) is 11. The van der Waals surface area contributed by atoms with Crippen molar-refractivity contribution in [2.45, 2.75) is 4.58 Å². The molecule has 0 aliphatic carbocycles. The first kappa shape index (κ1) is 27.9. The van der Waals surface area contributed by atoms with Crippen LogP contribution in [0.15, 0.2) is 12.1 Å². The molecule has 1 aromatic carbocycles. The second-order valence-corrected chi connectivity index (χ2v) is 9.46. The molecule has 0 aliphatic heterocycles. The van der Waals surface area contributed by atoms with Crippen LogP contribution in [0.1, 0.15) is 10.1 Å². The average molecular weight is 501 g/mol. The lowest BCUT2D eigenvalue weighted by molar-refractivity contribution is 0.0605. The summed E-state index contributed by atoms with van der Waals surface area (Å²) in [7, 11) is 0. The van der Waals surface area contributed by atoms with E-state index in [-0.39, 0.29) is 16.1 Å². The molecule has 0 aromatic heterocycles. The molecule has 0 aliphatic rings. The number of aromatic hydroxyl groups is 3. The number of phenolic OH excluding ortho intramolecular Hbond substituents is 3. The Morgan fingerprint density at radius 2 is 1.13 bits per heavy atom. The second kappa shape index (κ2) is 18.4. The monoisotopic (exact) mass is 500 g/mol. The van der Waals surface area contributed by atoms with Gasteiger partial charge in [0.2, 0.25) is 5.75 Å². The molecule has 0 radical (unpaired) electrons. The molecule has 0 unspecified atom stereocenters. The number of rotatable bonds is 19. The van der Waals surface area contributed by atoms with Gasteiger partial charge in [-0.3, -0.25) is 0 Å². The van der Waals surface area contributed by atoms with E-state index in [1.807, 2.05) is 0 Å². The third-order valence-electron chi connectivity index (χ3n) is 3.62. The van der Waals surface area contributed by atoms with Crippen molar-refractivity contribution in [1.29, 1.82) is 0 Å². The summed E-state index contributed by atoms with van der Waals surface area (Å²) in [6, 6.07) is 3.00. The molecule has 0 amide bonds. The van der Waals surface area contributed by atoms with E-state index in [1.165, 1.54) is 6.07 Å². The number of phenols is 3. The predicted octanol–water partition coefficient (Wildman–Crippen LogP) is 3.19. The summed E-state index contributed by atoms with van der Waals surface area (Å²) in [5, 5.41) is 29.7. The Bertz CT molecular complexity index is 546. The minimum Gasteiger partial charge on any atom is -0.504 e. The van der Waals surface area contributed by atoms with E-state index in [0.717, 1.165) is 0 Å². The van der Waals surface area contributed by atoms with E-state index in [0.29, 0.717) is 81.4 Å². The van der Waals surface area contributed by atoms with Gasteiger partial charge in [0.05, 0.1) is 57.4 Å². The van der Waals surface area contributed by atoms with Gasteiger partial charge in [-0.2, -0.15) is 25.3 Å². The summed E-state index contributed by atoms with van der Waals surface area (Å²) >= 11 is 11.3. The molecule has 0 saturated heterocycles. The van der Waals surface area contributed by atoms with Gasteiger partial charge in [0, 0.05) is 28.6 Å². The highest BCUT2D eigenvalue weighted by atomic mass is 32.2. The van der Waals surface area contributed by atoms with Crippen LogP contribution < -0.4 is 0 Å². The summed E-state index contributed by atoms with van der Waals surface area (Å²) < 4.78 is 21.6. The lowest BCUT2D eigenvalue weighted by Gasteiger charge is -2.19. The Morgan fingerprint density at radius 1 is 0.667 bits per heavy atom. The van der Waals surface area contributed by atoms with Crippen molar-refractivity contribution >= 4 is 48.8 Å². The maximum absolute atomic E-state index is 10.3. The van der Waals surface area contributed by atoms with E-state index < -0.39 is 5.75 Å². The van der Waals surface area contributed by atoms with Crippen LogP contribution in [0.2, 0.25) is 0 Å². The quantitative estimate of drug-likeness (QED) is 0.0849. The van der Waals surface area contributed by atoms with Crippen molar-refractivity contribution in [2.24, 2.45) is 0 Å². The van der Waals surface area contributed by atoms with Crippen LogP contribution in [0, 0.1) is 0 Å². The minimum absolute atomic E-state index is 0.149. The maximum Gasteiger partial charge on any atom is 0.200 e. The molecule has 3 N–H and O–H groups in total. The molecule has 0 spiro atoms. The Hall–Kier alpha value is -0.140. The number of thioether (sulfide) groups is 2. The Balaban J connectivity index is 2.43. The summed E-state index contributed by atoms with van der Waals surface area (Å²) in [6.45, 7) is 4.38. The summed E-state index contributed by atoms with van der Waals surface area (Å²) in [6.07, 6.45) is 0. The third-order valence-corrected chi connectivity index (χ3v) is 6.72. The molecule has 1 aromatic rings. The topological polar surface area (TPSA) is 97.6 Å². The molecular weight excluding hydrogens is 468 g/mol. The van der Waals surface area contributed by atoms with E-state index in [9.17, 15) is 15.3 Å². The second-order valence-electron chi connectivity index (χ2n) is 5.84. The van der Waals surface area contributed by atoms with Gasteiger partial charge in [-0.05, 0) is 12.1 Å². The number of benzene rings is 1. The van der Waals surface area contributed by atoms with Crippen LogP contribution in [0.3, 0.4) is 0 Å². The van der Waals surface area contributed by atoms with Gasteiger partial charge in [0.25, 0.3) is 0 Å². The molecule has 0 atom stereocenters. The van der Waals surface area contributed by atoms with Crippen molar-refractivity contribution in [3.05, 3.63) is 17.7 Å². The van der Waals surface area contributed by atoms with Gasteiger partial charge in [-0.25, -0.2) is 0 Å². The highest BCUT2D eigenvalue weighted by Crippen LogP contribution is 2.48. The zero-order valence-electron chi connectivity index (χ0n) is 16.9. The lowest BCUT2D eigenvalue weighted by atomic mass is 10.2. The van der Waals surface area contributed by atoms with Crippen LogP contribution in [-0.2, 0) is 18.9 Å². The molecule has 174 valence electrons. The fraction of sp³-hybridized carbons (Fsp3) is 0.684. The zero-order chi connectivity index (χ0) is 22.0. The lowest BCUT2D eigenvalue weighted by Crippen LogP contribution is -2.09. The van der Waals surface area contributed by atoms with Crippen LogP contribution >= 0.6 is 48.8 Å². The van der Waals surface area contributed by atoms with Gasteiger partial charge >= 0.3 is 0 Å². The first-order valence-electron chi connectivity index (χ1n) is 9.61. The van der Waals surface area contributed by atoms with Crippen molar-refractivity contribution < 1.29 is 34.3 Å². The molecule has 30 heavy (non-hydrogen) atoms. The molecule has 0 bridgehead atoms. The smallest absolute Gasteiger partial charge is 0.200 e. The van der Waals surface area contributed by atoms with Gasteiger partial charge in [-0.1, -0.05) is 0 Å². The molecular formula is C19H32O7S4. The van der Waals surface area contributed by atoms with Gasteiger partial charge in [0.15, 0.2) is 11.5 Å². The number of hydrogen-bond donors (Lipinski definition) is 5. The third kappa shape index (κ3) is 12.0. The molecule has 11 heteroatoms. The van der Waals surface area contributed by atoms with E-state index >= 15 is 0 Å². The minimum atomic E-state index is -0.506. The molecule has 0 fully saturated rings. The molecule has 0 saturated carbocycles. The van der Waals surface area contributed by atoms with Crippen LogP contribution in [0.25, 0.3) is 0 Å². The van der Waals surface area contributed by atoms with Crippen LogP contribution in [-0.4, -0.2) is 91.2 Å². The molecule has 0 heterocycles. The van der Waals surface area contributed by atoms with Crippen molar-refractivity contribution in [1.82, 2.24) is 0 Å². The van der Waals surface area contributed by atoms with Crippen molar-refractivity contribution in [2.75, 3.05) is 75.9 Å². The fourth-order valence-electron chi connectivity index (χ4n) is 2.20. The highest BCUT2D eigenvalue weighted by Gasteiger charge is 2.20. The normalized spacial score (nSPS) is 11.4. The van der Waals surface area contributed by atoms with Gasteiger partial charge < -0.3 is 34.3 Å². The summed E-state index contributed by atoms with van der Waals surface area (Å²) in [4.78, 5) is 0. The SMILES string of the molecule is Oc1ccc(C(SCCOCCOCCS)SCCOCCOCCS)c(O)c1O. The highest BCUT2D eigenvalue weighted by molar-refractivity contribution is 8.16. The largest absolute Gasteiger partial charge is 0.504 e. The summed E-state index contributed by atoms with van der Waals surface area (Å²) in [5.41, 5.74) is 0.550. The number of ether oxygens (including phenoxy) is 4.